The molecular formula is C16H17NO5S. The van der Waals surface area contributed by atoms with Crippen LogP contribution in [0, 0.1) is 10.1 Å². The Balaban J connectivity index is 2.18. The normalized spacial score (nSPS) is 11.4. The van der Waals surface area contributed by atoms with Gasteiger partial charge in [0.1, 0.15) is 11.5 Å². The molecule has 0 N–H and O–H groups in total. The zero-order chi connectivity index (χ0) is 17.0. The Bertz CT molecular complexity index is 797. The molecule has 0 unspecified atom stereocenters. The minimum absolute atomic E-state index is 0.0859. The van der Waals surface area contributed by atoms with Gasteiger partial charge >= 0.3 is 10.1 Å². The third-order valence-corrected chi connectivity index (χ3v) is 4.37. The van der Waals surface area contributed by atoms with Crippen molar-refractivity contribution in [1.29, 1.82) is 0 Å². The largest absolute Gasteiger partial charge is 0.382 e. The van der Waals surface area contributed by atoms with Crippen LogP contribution in [0.2, 0.25) is 0 Å². The van der Waals surface area contributed by atoms with Crippen molar-refractivity contribution in [1.82, 2.24) is 0 Å². The van der Waals surface area contributed by atoms with Crippen molar-refractivity contribution < 1.29 is 17.5 Å². The van der Waals surface area contributed by atoms with E-state index in [1.165, 1.54) is 24.3 Å². The highest BCUT2D eigenvalue weighted by molar-refractivity contribution is 7.86. The minimum Gasteiger partial charge on any atom is -0.382 e. The maximum atomic E-state index is 12.2. The summed E-state index contributed by atoms with van der Waals surface area (Å²) >= 11 is 0. The van der Waals surface area contributed by atoms with Gasteiger partial charge in [0.25, 0.3) is 5.69 Å². The molecule has 0 amide bonds. The Morgan fingerprint density at radius 1 is 1.09 bits per heavy atom. The van der Waals surface area contributed by atoms with Crippen molar-refractivity contribution in [3.63, 3.8) is 0 Å². The highest BCUT2D eigenvalue weighted by Gasteiger charge is 2.18. The van der Waals surface area contributed by atoms with Crippen LogP contribution in [0.25, 0.3) is 0 Å². The van der Waals surface area contributed by atoms with Gasteiger partial charge in [-0.1, -0.05) is 44.2 Å². The lowest BCUT2D eigenvalue weighted by Crippen LogP contribution is -2.13. The summed E-state index contributed by atoms with van der Waals surface area (Å²) in [5.74, 6) is 0.0856. The molecule has 0 saturated carbocycles. The molecule has 2 aromatic rings. The number of hydrogen-bond donors (Lipinski definition) is 0. The maximum Gasteiger partial charge on any atom is 0.313 e. The van der Waals surface area contributed by atoms with Gasteiger partial charge < -0.3 is 4.18 Å². The number of non-ortho nitro benzene ring substituents is 1. The van der Waals surface area contributed by atoms with Crippen LogP contribution < -0.4 is 4.18 Å². The van der Waals surface area contributed by atoms with Crippen LogP contribution in [-0.4, -0.2) is 13.3 Å². The third kappa shape index (κ3) is 4.53. The number of nitrogens with zero attached hydrogens (tertiary/aromatic N) is 1. The van der Waals surface area contributed by atoms with Crippen LogP contribution in [-0.2, 0) is 15.9 Å². The molecule has 2 rings (SSSR count). The van der Waals surface area contributed by atoms with Gasteiger partial charge in [-0.2, -0.15) is 8.42 Å². The Morgan fingerprint density at radius 3 is 2.26 bits per heavy atom. The Morgan fingerprint density at radius 2 is 1.70 bits per heavy atom. The zero-order valence-electron chi connectivity index (χ0n) is 12.8. The quantitative estimate of drug-likeness (QED) is 0.457. The summed E-state index contributed by atoms with van der Waals surface area (Å²) < 4.78 is 29.6. The van der Waals surface area contributed by atoms with E-state index in [2.05, 4.69) is 0 Å². The van der Waals surface area contributed by atoms with Crippen molar-refractivity contribution in [2.24, 2.45) is 0 Å². The Kier molecular flexibility index (Phi) is 5.00. The van der Waals surface area contributed by atoms with Crippen molar-refractivity contribution in [2.45, 2.75) is 25.5 Å². The number of nitro benzene ring substituents is 1. The fourth-order valence-electron chi connectivity index (χ4n) is 2.12. The molecule has 0 radical (unpaired) electrons. The second-order valence-corrected chi connectivity index (χ2v) is 6.97. The highest BCUT2D eigenvalue weighted by atomic mass is 32.2. The van der Waals surface area contributed by atoms with E-state index in [9.17, 15) is 18.5 Å². The van der Waals surface area contributed by atoms with E-state index in [-0.39, 0.29) is 17.4 Å². The lowest BCUT2D eigenvalue weighted by Gasteiger charge is -2.13. The van der Waals surface area contributed by atoms with E-state index in [1.807, 2.05) is 26.0 Å². The number of para-hydroxylation sites is 1. The van der Waals surface area contributed by atoms with Gasteiger partial charge in [0.05, 0.1) is 4.92 Å². The molecule has 0 spiro atoms. The predicted octanol–water partition coefficient (Wildman–Crippen LogP) is 3.63. The zero-order valence-corrected chi connectivity index (χ0v) is 13.6. The Labute approximate surface area is 135 Å². The molecule has 0 bridgehead atoms. The molecule has 0 atom stereocenters. The van der Waals surface area contributed by atoms with Gasteiger partial charge in [-0.15, -0.1) is 0 Å². The summed E-state index contributed by atoms with van der Waals surface area (Å²) in [6.07, 6.45) is 0. The van der Waals surface area contributed by atoms with E-state index in [4.69, 9.17) is 4.18 Å². The highest BCUT2D eigenvalue weighted by Crippen LogP contribution is 2.27. The SMILES string of the molecule is CC(C)c1ccccc1OS(=O)(=O)Cc1ccc([N+](=O)[O-])cc1. The summed E-state index contributed by atoms with van der Waals surface area (Å²) in [5.41, 5.74) is 1.15. The van der Waals surface area contributed by atoms with Crippen LogP contribution in [0.1, 0.15) is 30.9 Å². The van der Waals surface area contributed by atoms with Gasteiger partial charge in [-0.25, -0.2) is 0 Å². The molecule has 0 aromatic heterocycles. The lowest BCUT2D eigenvalue weighted by atomic mass is 10.0. The van der Waals surface area contributed by atoms with Crippen molar-refractivity contribution in [3.8, 4) is 5.75 Å². The summed E-state index contributed by atoms with van der Waals surface area (Å²) in [4.78, 5) is 10.1. The van der Waals surface area contributed by atoms with Gasteiger partial charge in [-0.05, 0) is 23.1 Å². The smallest absolute Gasteiger partial charge is 0.313 e. The van der Waals surface area contributed by atoms with Crippen molar-refractivity contribution >= 4 is 15.8 Å². The summed E-state index contributed by atoms with van der Waals surface area (Å²) in [5, 5.41) is 10.6. The molecule has 0 aliphatic carbocycles. The van der Waals surface area contributed by atoms with Gasteiger partial charge in [-0.3, -0.25) is 10.1 Å². The van der Waals surface area contributed by atoms with E-state index >= 15 is 0 Å². The average molecular weight is 335 g/mol. The first-order valence-electron chi connectivity index (χ1n) is 7.03. The molecule has 7 heteroatoms. The fourth-order valence-corrected chi connectivity index (χ4v) is 3.20. The van der Waals surface area contributed by atoms with Crippen LogP contribution in [0.15, 0.2) is 48.5 Å². The summed E-state index contributed by atoms with van der Waals surface area (Å²) in [6.45, 7) is 3.90. The number of hydrogen-bond acceptors (Lipinski definition) is 5. The monoisotopic (exact) mass is 335 g/mol. The predicted molar refractivity (Wildman–Crippen MR) is 86.9 cm³/mol. The van der Waals surface area contributed by atoms with E-state index in [0.29, 0.717) is 11.3 Å². The van der Waals surface area contributed by atoms with Crippen LogP contribution in [0.5, 0.6) is 5.75 Å². The molecule has 6 nitrogen and oxygen atoms in total. The number of benzene rings is 2. The number of nitro groups is 1. The first kappa shape index (κ1) is 17.0. The second-order valence-electron chi connectivity index (χ2n) is 5.40. The molecule has 0 fully saturated rings. The summed E-state index contributed by atoms with van der Waals surface area (Å²) in [7, 11) is -3.85. The summed E-state index contributed by atoms with van der Waals surface area (Å²) in [6, 6.07) is 12.3. The first-order valence-corrected chi connectivity index (χ1v) is 8.60. The average Bonchev–Trinajstić information content (AvgIpc) is 2.47. The molecule has 0 heterocycles. The van der Waals surface area contributed by atoms with Gasteiger partial charge in [0, 0.05) is 12.1 Å². The molecule has 2 aromatic carbocycles. The molecule has 0 aliphatic rings. The van der Waals surface area contributed by atoms with E-state index < -0.39 is 15.0 Å². The van der Waals surface area contributed by atoms with Crippen LogP contribution >= 0.6 is 0 Å². The van der Waals surface area contributed by atoms with Crippen molar-refractivity contribution in [3.05, 3.63) is 69.8 Å². The molecule has 23 heavy (non-hydrogen) atoms. The fraction of sp³-hybridized carbons (Fsp3) is 0.250. The molecule has 0 saturated heterocycles. The minimum atomic E-state index is -3.85. The lowest BCUT2D eigenvalue weighted by molar-refractivity contribution is -0.384. The van der Waals surface area contributed by atoms with Gasteiger partial charge in [0.2, 0.25) is 0 Å². The van der Waals surface area contributed by atoms with E-state index in [0.717, 1.165) is 5.56 Å². The standard InChI is InChI=1S/C16H17NO5S/c1-12(2)15-5-3-4-6-16(15)22-23(20,21)11-13-7-9-14(10-8-13)17(18)19/h3-10,12H,11H2,1-2H3. The van der Waals surface area contributed by atoms with Crippen LogP contribution in [0.3, 0.4) is 0 Å². The third-order valence-electron chi connectivity index (χ3n) is 3.25. The maximum absolute atomic E-state index is 12.2. The van der Waals surface area contributed by atoms with Crippen LogP contribution in [0.4, 0.5) is 5.69 Å². The second kappa shape index (κ2) is 6.78. The van der Waals surface area contributed by atoms with Gasteiger partial charge in [0.15, 0.2) is 0 Å². The molecule has 0 aliphatic heterocycles. The number of rotatable bonds is 6. The topological polar surface area (TPSA) is 86.5 Å². The van der Waals surface area contributed by atoms with E-state index in [1.54, 1.807) is 12.1 Å². The first-order chi connectivity index (χ1) is 10.8. The Hall–Kier alpha value is -2.41. The van der Waals surface area contributed by atoms with Crippen molar-refractivity contribution in [2.75, 3.05) is 0 Å². The molecular weight excluding hydrogens is 318 g/mol. The molecule has 122 valence electrons.